The Morgan fingerprint density at radius 2 is 1.69 bits per heavy atom. The largest absolute Gasteiger partial charge is 0.514 e. The highest BCUT2D eigenvalue weighted by molar-refractivity contribution is 5.70. The molecule has 29 heavy (non-hydrogen) atoms. The summed E-state index contributed by atoms with van der Waals surface area (Å²) in [5.74, 6) is -0.318. The lowest BCUT2D eigenvalue weighted by molar-refractivity contribution is -0.384. The zero-order valence-electron chi connectivity index (χ0n) is 16.8. The van der Waals surface area contributed by atoms with Crippen LogP contribution in [0, 0.1) is 24.0 Å². The first-order chi connectivity index (χ1) is 13.8. The summed E-state index contributed by atoms with van der Waals surface area (Å²) in [7, 11) is 0. The van der Waals surface area contributed by atoms with Crippen LogP contribution in [-0.4, -0.2) is 29.3 Å². The van der Waals surface area contributed by atoms with E-state index in [0.717, 1.165) is 32.1 Å². The van der Waals surface area contributed by atoms with Crippen molar-refractivity contribution in [1.82, 2.24) is 0 Å². The second-order valence-electron chi connectivity index (χ2n) is 6.70. The van der Waals surface area contributed by atoms with Crippen molar-refractivity contribution in [2.75, 3.05) is 0 Å². The van der Waals surface area contributed by atoms with Crippen LogP contribution in [0.15, 0.2) is 24.3 Å². The van der Waals surface area contributed by atoms with E-state index in [1.54, 1.807) is 0 Å². The van der Waals surface area contributed by atoms with Crippen molar-refractivity contribution >= 4 is 17.8 Å². The molecule has 0 saturated carbocycles. The number of carbonyl (C=O) groups is 2. The lowest BCUT2D eigenvalue weighted by Gasteiger charge is -2.17. The molecule has 0 saturated heterocycles. The fourth-order valence-corrected chi connectivity index (χ4v) is 2.65. The number of rotatable bonds is 13. The summed E-state index contributed by atoms with van der Waals surface area (Å²) in [6, 6.07) is 5.11. The molecule has 8 heteroatoms. The van der Waals surface area contributed by atoms with Gasteiger partial charge in [0.05, 0.1) is 4.92 Å². The molecular weight excluding hydrogens is 378 g/mol. The number of nitro benzene ring substituents is 1. The number of ether oxygens (including phenoxy) is 3. The van der Waals surface area contributed by atoms with E-state index in [1.165, 1.54) is 24.3 Å². The highest BCUT2D eigenvalue weighted by Gasteiger charge is 2.19. The molecule has 8 nitrogen and oxygen atoms in total. The number of esters is 1. The first-order valence-corrected chi connectivity index (χ1v) is 9.80. The maximum atomic E-state index is 12.1. The van der Waals surface area contributed by atoms with Gasteiger partial charge in [-0.1, -0.05) is 32.6 Å². The Kier molecular flexibility index (Phi) is 11.4. The Hall–Kier alpha value is -2.64. The molecule has 1 atom stereocenters. The molecule has 0 aliphatic heterocycles. The minimum atomic E-state index is -0.919. The zero-order chi connectivity index (χ0) is 21.6. The quantitative estimate of drug-likeness (QED) is 0.145. The first kappa shape index (κ1) is 24.4. The molecule has 160 valence electrons. The third kappa shape index (κ3) is 11.1. The maximum absolute atomic E-state index is 12.1. The zero-order valence-corrected chi connectivity index (χ0v) is 16.8. The molecule has 0 spiro atoms. The van der Waals surface area contributed by atoms with Crippen molar-refractivity contribution in [2.45, 2.75) is 70.5 Å². The molecule has 0 bridgehead atoms. The molecular formula is C21H29NO7. The smallest absolute Gasteiger partial charge is 0.462 e. The molecule has 1 aromatic carbocycles. The van der Waals surface area contributed by atoms with Crippen molar-refractivity contribution in [3.8, 4) is 5.75 Å². The third-order valence-electron chi connectivity index (χ3n) is 4.11. The molecule has 0 aliphatic rings. The summed E-state index contributed by atoms with van der Waals surface area (Å²) in [5, 5.41) is 10.7. The number of unbranched alkanes of at least 4 members (excludes halogenated alkanes) is 4. The molecule has 0 heterocycles. The molecule has 0 amide bonds. The topological polar surface area (TPSA) is 105 Å². The normalized spacial score (nSPS) is 11.7. The van der Waals surface area contributed by atoms with E-state index in [2.05, 4.69) is 20.8 Å². The highest BCUT2D eigenvalue weighted by atomic mass is 16.7. The first-order valence-electron chi connectivity index (χ1n) is 9.80. The van der Waals surface area contributed by atoms with Crippen LogP contribution in [0.5, 0.6) is 5.75 Å². The van der Waals surface area contributed by atoms with E-state index in [4.69, 9.17) is 14.2 Å². The van der Waals surface area contributed by atoms with Crippen LogP contribution in [0.1, 0.15) is 58.3 Å². The minimum Gasteiger partial charge on any atom is -0.462 e. The van der Waals surface area contributed by atoms with E-state index >= 15 is 0 Å². The summed E-state index contributed by atoms with van der Waals surface area (Å²) in [6.45, 7) is 9.12. The number of benzene rings is 1. The molecule has 0 aliphatic carbocycles. The lowest BCUT2D eigenvalue weighted by Crippen LogP contribution is -2.23. The molecule has 1 aromatic rings. The van der Waals surface area contributed by atoms with Crippen molar-refractivity contribution < 1.29 is 28.7 Å². The van der Waals surface area contributed by atoms with E-state index in [1.807, 2.05) is 0 Å². The van der Waals surface area contributed by atoms with E-state index in [0.29, 0.717) is 12.8 Å². The molecule has 0 N–H and O–H groups in total. The number of nitrogens with zero attached hydrogens (tertiary/aromatic N) is 1. The van der Waals surface area contributed by atoms with Crippen LogP contribution >= 0.6 is 0 Å². The Bertz CT molecular complexity index is 643. The second-order valence-corrected chi connectivity index (χ2v) is 6.70. The van der Waals surface area contributed by atoms with Gasteiger partial charge in [-0.3, -0.25) is 14.9 Å². The SMILES string of the molecule is [CH2]C([CH2])OC(=O)CCC(CCCCCCC)OC(=O)Oc1ccc([N+](=O)[O-])cc1. The van der Waals surface area contributed by atoms with Crippen molar-refractivity contribution in [1.29, 1.82) is 0 Å². The number of carbonyl (C=O) groups excluding carboxylic acids is 2. The summed E-state index contributed by atoms with van der Waals surface area (Å²) in [5.41, 5.74) is -0.108. The van der Waals surface area contributed by atoms with Gasteiger partial charge in [0.2, 0.25) is 0 Å². The van der Waals surface area contributed by atoms with Gasteiger partial charge >= 0.3 is 12.1 Å². The third-order valence-corrected chi connectivity index (χ3v) is 4.11. The number of hydrogen-bond donors (Lipinski definition) is 0. The molecule has 1 rings (SSSR count). The van der Waals surface area contributed by atoms with Crippen LogP contribution in [0.4, 0.5) is 10.5 Å². The van der Waals surface area contributed by atoms with Gasteiger partial charge in [-0.25, -0.2) is 4.79 Å². The molecule has 1 unspecified atom stereocenters. The fourth-order valence-electron chi connectivity index (χ4n) is 2.65. The van der Waals surface area contributed by atoms with Crippen LogP contribution in [0.2, 0.25) is 0 Å². The highest BCUT2D eigenvalue weighted by Crippen LogP contribution is 2.19. The van der Waals surface area contributed by atoms with Gasteiger partial charge in [0.1, 0.15) is 18.0 Å². The predicted octanol–water partition coefficient (Wildman–Crippen LogP) is 5.20. The monoisotopic (exact) mass is 407 g/mol. The summed E-state index contributed by atoms with van der Waals surface area (Å²) >= 11 is 0. The summed E-state index contributed by atoms with van der Waals surface area (Å²) < 4.78 is 15.3. The number of nitro groups is 1. The van der Waals surface area contributed by atoms with E-state index in [-0.39, 0.29) is 17.9 Å². The number of non-ortho nitro benzene ring substituents is 1. The Morgan fingerprint density at radius 1 is 1.03 bits per heavy atom. The Balaban J connectivity index is 2.56. The van der Waals surface area contributed by atoms with Gasteiger partial charge in [-0.05, 0) is 45.2 Å². The lowest BCUT2D eigenvalue weighted by atomic mass is 10.0. The Labute approximate surface area is 171 Å². The Morgan fingerprint density at radius 3 is 2.28 bits per heavy atom. The van der Waals surface area contributed by atoms with Crippen molar-refractivity contribution in [3.63, 3.8) is 0 Å². The second kappa shape index (κ2) is 13.5. The van der Waals surface area contributed by atoms with Gasteiger partial charge in [-0.15, -0.1) is 0 Å². The average molecular weight is 407 g/mol. The summed E-state index contributed by atoms with van der Waals surface area (Å²) in [6.07, 6.45) is 4.12. The summed E-state index contributed by atoms with van der Waals surface area (Å²) in [4.78, 5) is 33.9. The molecule has 0 fully saturated rings. The average Bonchev–Trinajstić information content (AvgIpc) is 2.65. The van der Waals surface area contributed by atoms with Gasteiger partial charge in [0.15, 0.2) is 0 Å². The van der Waals surface area contributed by atoms with E-state index in [9.17, 15) is 19.7 Å². The van der Waals surface area contributed by atoms with Gasteiger partial charge < -0.3 is 14.2 Å². The van der Waals surface area contributed by atoms with Crippen LogP contribution in [0.3, 0.4) is 0 Å². The minimum absolute atomic E-state index is 0.0754. The van der Waals surface area contributed by atoms with Crippen LogP contribution in [0.25, 0.3) is 0 Å². The maximum Gasteiger partial charge on any atom is 0.514 e. The van der Waals surface area contributed by atoms with Crippen LogP contribution < -0.4 is 4.74 Å². The molecule has 2 radical (unpaired) electrons. The van der Waals surface area contributed by atoms with E-state index < -0.39 is 29.3 Å². The van der Waals surface area contributed by atoms with Gasteiger partial charge in [0, 0.05) is 18.6 Å². The predicted molar refractivity (Wildman–Crippen MR) is 107 cm³/mol. The van der Waals surface area contributed by atoms with Gasteiger partial charge in [0.25, 0.3) is 5.69 Å². The standard InChI is InChI=1S/C21H29NO7/c1-4-5-6-7-8-9-18(14-15-20(23)27-16(2)3)28-21(24)29-19-12-10-17(11-13-19)22(25)26/h10-13,16,18H,2-9,14-15H2,1H3. The molecule has 0 aromatic heterocycles. The fraction of sp³-hybridized carbons (Fsp3) is 0.524. The van der Waals surface area contributed by atoms with Crippen LogP contribution in [-0.2, 0) is 14.3 Å². The van der Waals surface area contributed by atoms with Crippen molar-refractivity contribution in [3.05, 3.63) is 48.2 Å². The number of hydrogen-bond acceptors (Lipinski definition) is 7. The van der Waals surface area contributed by atoms with Crippen molar-refractivity contribution in [2.24, 2.45) is 0 Å². The van der Waals surface area contributed by atoms with Gasteiger partial charge in [-0.2, -0.15) is 0 Å².